The fraction of sp³-hybridized carbons (Fsp3) is 0.333. The number of rotatable bonds is 9. The lowest BCUT2D eigenvalue weighted by atomic mass is 10.1. The normalized spacial score (nSPS) is 11.5. The third kappa shape index (κ3) is 6.77. The zero-order chi connectivity index (χ0) is 22.1. The van der Waals surface area contributed by atoms with Gasteiger partial charge >= 0.3 is 0 Å². The first-order valence-corrected chi connectivity index (χ1v) is 9.49. The van der Waals surface area contributed by atoms with E-state index in [9.17, 15) is 4.79 Å². The average molecular weight is 412 g/mol. The number of allylic oxidation sites excluding steroid dienone is 1. The molecule has 1 aromatic carbocycles. The molecule has 0 saturated heterocycles. The van der Waals surface area contributed by atoms with Crippen LogP contribution in [0.15, 0.2) is 42.4 Å². The Bertz CT molecular complexity index is 921. The molecule has 0 fully saturated rings. The Hall–Kier alpha value is -3.62. The molecule has 0 unspecified atom stereocenters. The van der Waals surface area contributed by atoms with Gasteiger partial charge in [-0.3, -0.25) is 4.79 Å². The lowest BCUT2D eigenvalue weighted by molar-refractivity contribution is -0.124. The van der Waals surface area contributed by atoms with E-state index in [4.69, 9.17) is 20.6 Å². The minimum atomic E-state index is -0.324. The molecule has 5 N–H and O–H groups in total. The van der Waals surface area contributed by atoms with Gasteiger partial charge in [-0.25, -0.2) is 9.97 Å². The number of benzene rings is 1. The smallest absolute Gasteiger partial charge is 0.258 e. The van der Waals surface area contributed by atoms with Crippen LogP contribution in [-0.2, 0) is 4.79 Å². The Morgan fingerprint density at radius 1 is 1.30 bits per heavy atom. The Kier molecular flexibility index (Phi) is 7.74. The summed E-state index contributed by atoms with van der Waals surface area (Å²) in [5.74, 6) is 1.56. The average Bonchev–Trinajstić information content (AvgIpc) is 2.70. The lowest BCUT2D eigenvalue weighted by Gasteiger charge is -2.20. The zero-order valence-electron chi connectivity index (χ0n) is 17.7. The first-order chi connectivity index (χ1) is 14.3. The number of hydrogen-bond acceptors (Lipinski definition) is 8. The van der Waals surface area contributed by atoms with E-state index in [1.807, 2.05) is 33.8 Å². The second-order valence-electron chi connectivity index (χ2n) is 7.35. The first kappa shape index (κ1) is 22.7. The predicted molar refractivity (Wildman–Crippen MR) is 117 cm³/mol. The number of ether oxygens (including phenoxy) is 2. The van der Waals surface area contributed by atoms with Gasteiger partial charge in [-0.1, -0.05) is 12.1 Å². The molecule has 0 saturated carbocycles. The fourth-order valence-corrected chi connectivity index (χ4v) is 2.45. The van der Waals surface area contributed by atoms with Gasteiger partial charge in [0.1, 0.15) is 5.75 Å². The summed E-state index contributed by atoms with van der Waals surface area (Å²) in [6.07, 6.45) is 3.90. The van der Waals surface area contributed by atoms with E-state index in [2.05, 4.69) is 20.6 Å². The molecule has 160 valence electrons. The van der Waals surface area contributed by atoms with E-state index in [1.54, 1.807) is 24.4 Å². The van der Waals surface area contributed by atoms with Gasteiger partial charge < -0.3 is 31.3 Å². The second kappa shape index (κ2) is 10.2. The molecular weight excluding hydrogens is 384 g/mol. The number of amides is 1. The van der Waals surface area contributed by atoms with E-state index in [-0.39, 0.29) is 18.1 Å². The van der Waals surface area contributed by atoms with Gasteiger partial charge in [0.15, 0.2) is 24.0 Å². The number of carbonyl (C=O) groups excluding carboxylic acids is 1. The standard InChI is InChI=1S/C21H28N6O3/c1-5-29-17-12-24-19(26-20(17)25-15(10-22)11-23)14-7-6-8-16(9-14)30-13-18(28)27-21(2,3)4/h6-12,22H,5,13,23H2,1-4H3,(H,27,28)(H,24,25,26)/b15-11+,22-10?. The van der Waals surface area contributed by atoms with Crippen LogP contribution in [0.2, 0.25) is 0 Å². The number of aromatic nitrogens is 2. The Morgan fingerprint density at radius 3 is 2.70 bits per heavy atom. The van der Waals surface area contributed by atoms with Crippen molar-refractivity contribution in [2.24, 2.45) is 5.73 Å². The van der Waals surface area contributed by atoms with Gasteiger partial charge in [-0.2, -0.15) is 0 Å². The number of nitrogens with one attached hydrogen (secondary N) is 3. The molecule has 0 aliphatic carbocycles. The van der Waals surface area contributed by atoms with Gasteiger partial charge in [0.2, 0.25) is 0 Å². The molecule has 9 heteroatoms. The molecule has 1 amide bonds. The fourth-order valence-electron chi connectivity index (χ4n) is 2.45. The van der Waals surface area contributed by atoms with Crippen LogP contribution in [0.3, 0.4) is 0 Å². The van der Waals surface area contributed by atoms with Crippen molar-refractivity contribution in [2.75, 3.05) is 18.5 Å². The van der Waals surface area contributed by atoms with Crippen molar-refractivity contribution < 1.29 is 14.3 Å². The molecule has 9 nitrogen and oxygen atoms in total. The molecule has 1 aromatic heterocycles. The van der Waals surface area contributed by atoms with Crippen LogP contribution >= 0.6 is 0 Å². The van der Waals surface area contributed by atoms with Gasteiger partial charge in [-0.15, -0.1) is 0 Å². The zero-order valence-corrected chi connectivity index (χ0v) is 17.7. The van der Waals surface area contributed by atoms with Crippen molar-refractivity contribution in [1.82, 2.24) is 15.3 Å². The summed E-state index contributed by atoms with van der Waals surface area (Å²) in [5, 5.41) is 13.2. The maximum Gasteiger partial charge on any atom is 0.258 e. The monoisotopic (exact) mass is 412 g/mol. The van der Waals surface area contributed by atoms with E-state index in [0.29, 0.717) is 41.0 Å². The van der Waals surface area contributed by atoms with E-state index in [1.165, 1.54) is 6.20 Å². The molecule has 30 heavy (non-hydrogen) atoms. The van der Waals surface area contributed by atoms with Crippen molar-refractivity contribution >= 4 is 17.9 Å². The lowest BCUT2D eigenvalue weighted by Crippen LogP contribution is -2.43. The molecule has 0 aliphatic heterocycles. The SMILES string of the molecule is CCOc1cnc(-c2cccc(OCC(=O)NC(C)(C)C)c2)nc1N/C(C=N)=C/N. The molecule has 1 heterocycles. The van der Waals surface area contributed by atoms with Crippen LogP contribution in [0.5, 0.6) is 11.5 Å². The van der Waals surface area contributed by atoms with Crippen LogP contribution in [0, 0.1) is 5.41 Å². The summed E-state index contributed by atoms with van der Waals surface area (Å²) >= 11 is 0. The summed E-state index contributed by atoms with van der Waals surface area (Å²) in [4.78, 5) is 20.8. The summed E-state index contributed by atoms with van der Waals surface area (Å²) in [6, 6.07) is 7.13. The quantitative estimate of drug-likeness (QED) is 0.465. The first-order valence-electron chi connectivity index (χ1n) is 9.49. The van der Waals surface area contributed by atoms with Crippen LogP contribution in [0.4, 0.5) is 5.82 Å². The van der Waals surface area contributed by atoms with Crippen LogP contribution in [-0.4, -0.2) is 40.8 Å². The molecule has 0 atom stereocenters. The maximum absolute atomic E-state index is 12.0. The van der Waals surface area contributed by atoms with Gasteiger partial charge in [0.25, 0.3) is 5.91 Å². The third-order valence-corrected chi connectivity index (χ3v) is 3.63. The molecule has 2 aromatic rings. The number of nitrogens with zero attached hydrogens (tertiary/aromatic N) is 2. The minimum absolute atomic E-state index is 0.0956. The van der Waals surface area contributed by atoms with E-state index >= 15 is 0 Å². The van der Waals surface area contributed by atoms with Gasteiger partial charge in [0.05, 0.1) is 18.5 Å². The van der Waals surface area contributed by atoms with Gasteiger partial charge in [0, 0.05) is 23.5 Å². The summed E-state index contributed by atoms with van der Waals surface area (Å²) in [5.41, 5.74) is 6.25. The number of nitrogens with two attached hydrogens (primary N) is 1. The Labute approximate surface area is 176 Å². The number of hydrogen-bond donors (Lipinski definition) is 4. The van der Waals surface area contributed by atoms with Crippen molar-refractivity contribution in [3.63, 3.8) is 0 Å². The van der Waals surface area contributed by atoms with Crippen molar-refractivity contribution in [3.05, 3.63) is 42.4 Å². The molecule has 0 aliphatic rings. The largest absolute Gasteiger partial charge is 0.488 e. The highest BCUT2D eigenvalue weighted by molar-refractivity contribution is 5.81. The van der Waals surface area contributed by atoms with Crippen LogP contribution in [0.25, 0.3) is 11.4 Å². The van der Waals surface area contributed by atoms with Crippen molar-refractivity contribution in [3.8, 4) is 22.9 Å². The van der Waals surface area contributed by atoms with Crippen molar-refractivity contribution in [1.29, 1.82) is 5.41 Å². The van der Waals surface area contributed by atoms with Crippen molar-refractivity contribution in [2.45, 2.75) is 33.2 Å². The highest BCUT2D eigenvalue weighted by Gasteiger charge is 2.15. The number of anilines is 1. The Morgan fingerprint density at radius 2 is 2.07 bits per heavy atom. The molecule has 0 radical (unpaired) electrons. The van der Waals surface area contributed by atoms with E-state index < -0.39 is 0 Å². The third-order valence-electron chi connectivity index (χ3n) is 3.63. The predicted octanol–water partition coefficient (Wildman–Crippen LogP) is 2.70. The second-order valence-corrected chi connectivity index (χ2v) is 7.35. The van der Waals surface area contributed by atoms with Crippen LogP contribution in [0.1, 0.15) is 27.7 Å². The summed E-state index contributed by atoms with van der Waals surface area (Å²) < 4.78 is 11.2. The molecule has 0 spiro atoms. The number of carbonyl (C=O) groups is 1. The molecule has 2 rings (SSSR count). The van der Waals surface area contributed by atoms with Crippen LogP contribution < -0.4 is 25.8 Å². The highest BCUT2D eigenvalue weighted by atomic mass is 16.5. The van der Waals surface area contributed by atoms with Gasteiger partial charge in [-0.05, 0) is 39.8 Å². The van der Waals surface area contributed by atoms with E-state index in [0.717, 1.165) is 6.21 Å². The highest BCUT2D eigenvalue weighted by Crippen LogP contribution is 2.27. The minimum Gasteiger partial charge on any atom is -0.488 e. The Balaban J connectivity index is 2.23. The maximum atomic E-state index is 12.0. The summed E-state index contributed by atoms with van der Waals surface area (Å²) in [7, 11) is 0. The molecule has 0 bridgehead atoms. The molecular formula is C21H28N6O3. The topological polar surface area (TPSA) is 135 Å². The summed E-state index contributed by atoms with van der Waals surface area (Å²) in [6.45, 7) is 7.91.